The molecule has 2 heterocycles. The van der Waals surface area contributed by atoms with Gasteiger partial charge in [-0.2, -0.15) is 0 Å². The maximum Gasteiger partial charge on any atom is 0.0660 e. The zero-order valence-corrected chi connectivity index (χ0v) is 10.1. The van der Waals surface area contributed by atoms with Crippen LogP contribution in [0.5, 0.6) is 0 Å². The van der Waals surface area contributed by atoms with Crippen molar-refractivity contribution in [3.05, 3.63) is 23.2 Å². The van der Waals surface area contributed by atoms with E-state index < -0.39 is 0 Å². The SMILES string of the molecule is CN1C[C@H]2C[C@@H]1CN2c1ccc(N)cc1Cl. The van der Waals surface area contributed by atoms with Crippen LogP contribution in [0.2, 0.25) is 5.02 Å². The minimum Gasteiger partial charge on any atom is -0.399 e. The van der Waals surface area contributed by atoms with Gasteiger partial charge in [0.05, 0.1) is 10.7 Å². The average Bonchev–Trinajstić information content (AvgIpc) is 2.76. The number of fused-ring (bicyclic) bond motifs is 2. The lowest BCUT2D eigenvalue weighted by molar-refractivity contribution is 0.292. The van der Waals surface area contributed by atoms with Gasteiger partial charge in [0.1, 0.15) is 0 Å². The Bertz CT molecular complexity index is 419. The number of likely N-dealkylation sites (tertiary alicyclic amines) is 1. The van der Waals surface area contributed by atoms with Crippen LogP contribution >= 0.6 is 11.6 Å². The molecule has 0 saturated carbocycles. The molecular formula is C12H16ClN3. The molecule has 2 fully saturated rings. The number of rotatable bonds is 1. The monoisotopic (exact) mass is 237 g/mol. The maximum atomic E-state index is 6.25. The van der Waals surface area contributed by atoms with Gasteiger partial charge in [-0.15, -0.1) is 0 Å². The summed E-state index contributed by atoms with van der Waals surface area (Å²) in [5.74, 6) is 0. The second-order valence-corrected chi connectivity index (χ2v) is 5.25. The number of benzene rings is 1. The molecule has 0 radical (unpaired) electrons. The molecular weight excluding hydrogens is 222 g/mol. The highest BCUT2D eigenvalue weighted by molar-refractivity contribution is 6.33. The van der Waals surface area contributed by atoms with Crippen LogP contribution in [0.1, 0.15) is 6.42 Å². The minimum absolute atomic E-state index is 0.621. The zero-order valence-electron chi connectivity index (χ0n) is 9.36. The molecule has 0 spiro atoms. The first-order valence-corrected chi connectivity index (χ1v) is 6.05. The standard InChI is InChI=1S/C12H16ClN3/c1-15-6-10-5-9(15)7-16(10)12-3-2-8(14)4-11(12)13/h2-4,9-10H,5-7,14H2,1H3/t9-,10-/m1/s1. The Kier molecular flexibility index (Phi) is 2.26. The first kappa shape index (κ1) is 10.2. The van der Waals surface area contributed by atoms with E-state index in [1.165, 1.54) is 6.42 Å². The van der Waals surface area contributed by atoms with Gasteiger partial charge in [-0.1, -0.05) is 11.6 Å². The van der Waals surface area contributed by atoms with E-state index in [9.17, 15) is 0 Å². The largest absolute Gasteiger partial charge is 0.399 e. The van der Waals surface area contributed by atoms with E-state index in [2.05, 4.69) is 16.8 Å². The molecule has 3 nitrogen and oxygen atoms in total. The summed E-state index contributed by atoms with van der Waals surface area (Å²) in [6.07, 6.45) is 1.26. The third-order valence-corrected chi connectivity index (χ3v) is 4.10. The van der Waals surface area contributed by atoms with Crippen molar-refractivity contribution >= 4 is 23.0 Å². The van der Waals surface area contributed by atoms with Gasteiger partial charge >= 0.3 is 0 Å². The third-order valence-electron chi connectivity index (χ3n) is 3.80. The van der Waals surface area contributed by atoms with Gasteiger partial charge < -0.3 is 10.6 Å². The summed E-state index contributed by atoms with van der Waals surface area (Å²) >= 11 is 6.25. The number of halogens is 1. The smallest absolute Gasteiger partial charge is 0.0660 e. The van der Waals surface area contributed by atoms with E-state index in [1.807, 2.05) is 18.2 Å². The molecule has 2 bridgehead atoms. The Balaban J connectivity index is 1.89. The number of hydrogen-bond donors (Lipinski definition) is 1. The van der Waals surface area contributed by atoms with Crippen LogP contribution in [-0.4, -0.2) is 37.1 Å². The summed E-state index contributed by atoms with van der Waals surface area (Å²) in [4.78, 5) is 4.86. The second kappa shape index (κ2) is 3.54. The van der Waals surface area contributed by atoms with E-state index in [4.69, 9.17) is 17.3 Å². The van der Waals surface area contributed by atoms with Crippen LogP contribution in [0.25, 0.3) is 0 Å². The van der Waals surface area contributed by atoms with Crippen molar-refractivity contribution in [1.29, 1.82) is 0 Å². The molecule has 1 aromatic carbocycles. The fourth-order valence-corrected chi connectivity index (χ4v) is 3.21. The summed E-state index contributed by atoms with van der Waals surface area (Å²) < 4.78 is 0. The number of nitrogen functional groups attached to an aromatic ring is 1. The quantitative estimate of drug-likeness (QED) is 0.757. The van der Waals surface area contributed by atoms with Crippen LogP contribution in [0.3, 0.4) is 0 Å². The second-order valence-electron chi connectivity index (χ2n) is 4.85. The normalized spacial score (nSPS) is 29.0. The fourth-order valence-electron chi connectivity index (χ4n) is 2.92. The summed E-state index contributed by atoms with van der Waals surface area (Å²) in [6.45, 7) is 2.23. The van der Waals surface area contributed by atoms with Crippen molar-refractivity contribution in [3.63, 3.8) is 0 Å². The molecule has 2 aliphatic heterocycles. The lowest BCUT2D eigenvalue weighted by atomic mass is 10.2. The van der Waals surface area contributed by atoms with E-state index in [0.717, 1.165) is 29.5 Å². The molecule has 2 aliphatic rings. The highest BCUT2D eigenvalue weighted by Crippen LogP contribution is 2.37. The van der Waals surface area contributed by atoms with E-state index in [-0.39, 0.29) is 0 Å². The molecule has 2 atom stereocenters. The fraction of sp³-hybridized carbons (Fsp3) is 0.500. The Labute approximate surface area is 101 Å². The van der Waals surface area contributed by atoms with E-state index in [1.54, 1.807) is 0 Å². The molecule has 0 aliphatic carbocycles. The molecule has 0 amide bonds. The Hall–Kier alpha value is -0.930. The van der Waals surface area contributed by atoms with Gasteiger partial charge in [0, 0.05) is 30.9 Å². The molecule has 2 N–H and O–H groups in total. The number of anilines is 2. The van der Waals surface area contributed by atoms with Crippen molar-refractivity contribution in [2.75, 3.05) is 30.8 Å². The summed E-state index contributed by atoms with van der Waals surface area (Å²) in [5.41, 5.74) is 7.58. The van der Waals surface area contributed by atoms with Gasteiger partial charge in [0.2, 0.25) is 0 Å². The number of nitrogens with zero attached hydrogens (tertiary/aromatic N) is 2. The van der Waals surface area contributed by atoms with Crippen molar-refractivity contribution in [2.45, 2.75) is 18.5 Å². The molecule has 16 heavy (non-hydrogen) atoms. The number of nitrogens with two attached hydrogens (primary N) is 1. The molecule has 0 aromatic heterocycles. The van der Waals surface area contributed by atoms with Gasteiger partial charge in [-0.05, 0) is 31.7 Å². The first-order valence-electron chi connectivity index (χ1n) is 5.67. The Morgan fingerprint density at radius 3 is 2.69 bits per heavy atom. The lowest BCUT2D eigenvalue weighted by Crippen LogP contribution is -2.44. The van der Waals surface area contributed by atoms with Gasteiger partial charge in [-0.3, -0.25) is 4.90 Å². The average molecular weight is 238 g/mol. The molecule has 4 heteroatoms. The summed E-state index contributed by atoms with van der Waals surface area (Å²) in [5, 5.41) is 0.773. The topological polar surface area (TPSA) is 32.5 Å². The third kappa shape index (κ3) is 1.46. The lowest BCUT2D eigenvalue weighted by Gasteiger charge is -2.34. The summed E-state index contributed by atoms with van der Waals surface area (Å²) in [6, 6.07) is 7.12. The van der Waals surface area contributed by atoms with Crippen LogP contribution in [0.4, 0.5) is 11.4 Å². The summed E-state index contributed by atoms with van der Waals surface area (Å²) in [7, 11) is 2.20. The molecule has 2 saturated heterocycles. The van der Waals surface area contributed by atoms with Crippen LogP contribution < -0.4 is 10.6 Å². The minimum atomic E-state index is 0.621. The van der Waals surface area contributed by atoms with E-state index in [0.29, 0.717) is 12.1 Å². The van der Waals surface area contributed by atoms with Gasteiger partial charge in [0.25, 0.3) is 0 Å². The number of hydrogen-bond acceptors (Lipinski definition) is 3. The number of likely N-dealkylation sites (N-methyl/N-ethyl adjacent to an activating group) is 1. The van der Waals surface area contributed by atoms with E-state index >= 15 is 0 Å². The molecule has 3 rings (SSSR count). The van der Waals surface area contributed by atoms with Gasteiger partial charge in [0.15, 0.2) is 0 Å². The van der Waals surface area contributed by atoms with Crippen LogP contribution in [0, 0.1) is 0 Å². The zero-order chi connectivity index (χ0) is 11.3. The predicted molar refractivity (Wildman–Crippen MR) is 68.0 cm³/mol. The van der Waals surface area contributed by atoms with Crippen molar-refractivity contribution in [3.8, 4) is 0 Å². The van der Waals surface area contributed by atoms with Crippen molar-refractivity contribution < 1.29 is 0 Å². The molecule has 0 unspecified atom stereocenters. The highest BCUT2D eigenvalue weighted by atomic mass is 35.5. The van der Waals surface area contributed by atoms with Crippen molar-refractivity contribution in [1.82, 2.24) is 4.90 Å². The number of piperazine rings is 1. The maximum absolute atomic E-state index is 6.25. The van der Waals surface area contributed by atoms with Gasteiger partial charge in [-0.25, -0.2) is 0 Å². The first-order chi connectivity index (χ1) is 7.65. The molecule has 86 valence electrons. The van der Waals surface area contributed by atoms with Crippen LogP contribution in [-0.2, 0) is 0 Å². The predicted octanol–water partition coefficient (Wildman–Crippen LogP) is 1.81. The Morgan fingerprint density at radius 2 is 2.12 bits per heavy atom. The highest BCUT2D eigenvalue weighted by Gasteiger charge is 2.41. The van der Waals surface area contributed by atoms with Crippen LogP contribution in [0.15, 0.2) is 18.2 Å². The molecule has 1 aromatic rings. The Morgan fingerprint density at radius 1 is 1.31 bits per heavy atom. The van der Waals surface area contributed by atoms with Crippen molar-refractivity contribution in [2.24, 2.45) is 0 Å².